The van der Waals surface area contributed by atoms with Gasteiger partial charge in [0, 0.05) is 43.0 Å². The summed E-state index contributed by atoms with van der Waals surface area (Å²) in [6.07, 6.45) is 5.01. The van der Waals surface area contributed by atoms with E-state index in [9.17, 15) is 9.59 Å². The van der Waals surface area contributed by atoms with Crippen LogP contribution in [-0.4, -0.2) is 52.5 Å². The second kappa shape index (κ2) is 8.79. The van der Waals surface area contributed by atoms with Crippen LogP contribution in [0, 0.1) is 0 Å². The van der Waals surface area contributed by atoms with Gasteiger partial charge in [0.2, 0.25) is 0 Å². The Kier molecular flexibility index (Phi) is 5.96. The van der Waals surface area contributed by atoms with Crippen LogP contribution in [-0.2, 0) is 20.9 Å². The fourth-order valence-electron chi connectivity index (χ4n) is 3.51. The lowest BCUT2D eigenvalue weighted by Crippen LogP contribution is -2.46. The van der Waals surface area contributed by atoms with Gasteiger partial charge in [-0.25, -0.2) is 14.8 Å². The molecule has 3 heterocycles. The molecule has 0 saturated carbocycles. The number of carbonyl (C=O) groups is 2. The molecule has 0 aliphatic carbocycles. The SMILES string of the molecule is CCOC(=O)C(=O)NC1CCN(Cc2ccc3c(c2)Nc2nccnc2S3)CC1. The standard InChI is InChI=1S/C20H23N5O3S/c1-2-28-20(27)18(26)23-14-5-9-25(10-6-14)12-13-3-4-16-15(11-13)24-17-19(29-16)22-8-7-21-17/h3-4,7-8,11,14H,2,5-6,9-10,12H2,1H3,(H,21,24)(H,23,26). The molecule has 0 atom stereocenters. The van der Waals surface area contributed by atoms with Crippen LogP contribution >= 0.6 is 11.8 Å². The molecule has 152 valence electrons. The van der Waals surface area contributed by atoms with Gasteiger partial charge in [0.25, 0.3) is 0 Å². The van der Waals surface area contributed by atoms with Crippen molar-refractivity contribution >= 4 is 35.1 Å². The number of carbonyl (C=O) groups excluding carboxylic acids is 2. The number of amides is 1. The first-order valence-corrected chi connectivity index (χ1v) is 10.5. The number of fused-ring (bicyclic) bond motifs is 2. The first-order valence-electron chi connectivity index (χ1n) is 9.71. The molecule has 4 rings (SSSR count). The molecule has 0 bridgehead atoms. The molecule has 8 nitrogen and oxygen atoms in total. The number of ether oxygens (including phenoxy) is 1. The van der Waals surface area contributed by atoms with E-state index in [1.165, 1.54) is 5.56 Å². The molecule has 2 N–H and O–H groups in total. The topological polar surface area (TPSA) is 96.5 Å². The molecule has 1 fully saturated rings. The van der Waals surface area contributed by atoms with Crippen molar-refractivity contribution in [3.8, 4) is 0 Å². The zero-order valence-electron chi connectivity index (χ0n) is 16.2. The summed E-state index contributed by atoms with van der Waals surface area (Å²) in [5.41, 5.74) is 2.27. The highest BCUT2D eigenvalue weighted by atomic mass is 32.2. The van der Waals surface area contributed by atoms with E-state index in [1.54, 1.807) is 31.1 Å². The van der Waals surface area contributed by atoms with E-state index in [-0.39, 0.29) is 12.6 Å². The van der Waals surface area contributed by atoms with Gasteiger partial charge in [-0.1, -0.05) is 17.8 Å². The zero-order chi connectivity index (χ0) is 20.2. The zero-order valence-corrected chi connectivity index (χ0v) is 17.0. The lowest BCUT2D eigenvalue weighted by atomic mass is 10.0. The van der Waals surface area contributed by atoms with Crippen LogP contribution in [0.25, 0.3) is 0 Å². The molecule has 2 aliphatic rings. The van der Waals surface area contributed by atoms with Crippen molar-refractivity contribution in [2.24, 2.45) is 0 Å². The number of rotatable bonds is 4. The Labute approximate surface area is 173 Å². The van der Waals surface area contributed by atoms with E-state index in [2.05, 4.69) is 43.7 Å². The minimum atomic E-state index is -0.805. The average molecular weight is 414 g/mol. The van der Waals surface area contributed by atoms with Gasteiger partial charge in [-0.15, -0.1) is 0 Å². The molecule has 1 amide bonds. The van der Waals surface area contributed by atoms with E-state index in [0.29, 0.717) is 0 Å². The third kappa shape index (κ3) is 4.68. The molecule has 9 heteroatoms. The van der Waals surface area contributed by atoms with Crippen LogP contribution in [0.15, 0.2) is 40.5 Å². The Morgan fingerprint density at radius 1 is 1.28 bits per heavy atom. The minimum Gasteiger partial charge on any atom is -0.459 e. The Balaban J connectivity index is 1.30. The molecule has 0 radical (unpaired) electrons. The number of nitrogens with one attached hydrogen (secondary N) is 2. The molecular weight excluding hydrogens is 390 g/mol. The largest absolute Gasteiger partial charge is 0.459 e. The quantitative estimate of drug-likeness (QED) is 0.497. The van der Waals surface area contributed by atoms with E-state index in [4.69, 9.17) is 4.74 Å². The lowest BCUT2D eigenvalue weighted by Gasteiger charge is -2.32. The molecule has 1 saturated heterocycles. The number of aromatic nitrogens is 2. The van der Waals surface area contributed by atoms with Gasteiger partial charge < -0.3 is 15.4 Å². The monoisotopic (exact) mass is 413 g/mol. The summed E-state index contributed by atoms with van der Waals surface area (Å²) in [7, 11) is 0. The number of benzene rings is 1. The van der Waals surface area contributed by atoms with Gasteiger partial charge in [0.15, 0.2) is 5.82 Å². The second-order valence-electron chi connectivity index (χ2n) is 7.01. The number of likely N-dealkylation sites (tertiary alicyclic amines) is 1. The summed E-state index contributed by atoms with van der Waals surface area (Å²) in [4.78, 5) is 35.4. The predicted octanol–water partition coefficient (Wildman–Crippen LogP) is 2.33. The number of piperidine rings is 1. The fraction of sp³-hybridized carbons (Fsp3) is 0.400. The van der Waals surface area contributed by atoms with Crippen molar-refractivity contribution in [1.29, 1.82) is 0 Å². The molecule has 1 aromatic heterocycles. The summed E-state index contributed by atoms with van der Waals surface area (Å²) < 4.78 is 4.74. The van der Waals surface area contributed by atoms with Gasteiger partial charge in [-0.3, -0.25) is 9.69 Å². The normalized spacial score (nSPS) is 16.3. The van der Waals surface area contributed by atoms with Crippen molar-refractivity contribution in [2.45, 2.75) is 42.3 Å². The van der Waals surface area contributed by atoms with Crippen LogP contribution in [0.1, 0.15) is 25.3 Å². The number of hydrogen-bond acceptors (Lipinski definition) is 8. The van der Waals surface area contributed by atoms with Crippen molar-refractivity contribution in [1.82, 2.24) is 20.2 Å². The van der Waals surface area contributed by atoms with Gasteiger partial charge in [-0.05, 0) is 37.5 Å². The summed E-state index contributed by atoms with van der Waals surface area (Å²) in [5.74, 6) is -0.659. The highest BCUT2D eigenvalue weighted by Crippen LogP contribution is 2.42. The molecule has 2 aromatic rings. The molecular formula is C20H23N5O3S. The maximum Gasteiger partial charge on any atom is 0.396 e. The molecule has 29 heavy (non-hydrogen) atoms. The molecule has 0 unspecified atom stereocenters. The number of nitrogens with zero attached hydrogens (tertiary/aromatic N) is 3. The fourth-order valence-corrected chi connectivity index (χ4v) is 4.39. The van der Waals surface area contributed by atoms with E-state index in [0.717, 1.165) is 53.9 Å². The van der Waals surface area contributed by atoms with Gasteiger partial charge in [0.1, 0.15) is 5.03 Å². The molecule has 1 aromatic carbocycles. The van der Waals surface area contributed by atoms with Crippen LogP contribution in [0.4, 0.5) is 11.5 Å². The van der Waals surface area contributed by atoms with Crippen LogP contribution in [0.2, 0.25) is 0 Å². The summed E-state index contributed by atoms with van der Waals surface area (Å²) >= 11 is 1.62. The van der Waals surface area contributed by atoms with Crippen molar-refractivity contribution < 1.29 is 14.3 Å². The van der Waals surface area contributed by atoms with Gasteiger partial charge >= 0.3 is 11.9 Å². The van der Waals surface area contributed by atoms with E-state index >= 15 is 0 Å². The van der Waals surface area contributed by atoms with E-state index in [1.807, 2.05) is 0 Å². The van der Waals surface area contributed by atoms with Crippen LogP contribution in [0.3, 0.4) is 0 Å². The molecule has 0 spiro atoms. The summed E-state index contributed by atoms with van der Waals surface area (Å²) in [5, 5.41) is 7.02. The Bertz CT molecular complexity index is 915. The number of anilines is 2. The highest BCUT2D eigenvalue weighted by molar-refractivity contribution is 7.99. The van der Waals surface area contributed by atoms with Crippen LogP contribution in [0.5, 0.6) is 0 Å². The average Bonchev–Trinajstić information content (AvgIpc) is 2.73. The predicted molar refractivity (Wildman–Crippen MR) is 109 cm³/mol. The first kappa shape index (κ1) is 19.7. The van der Waals surface area contributed by atoms with E-state index < -0.39 is 11.9 Å². The first-order chi connectivity index (χ1) is 14.1. The maximum atomic E-state index is 11.8. The van der Waals surface area contributed by atoms with Crippen molar-refractivity contribution in [3.05, 3.63) is 36.2 Å². The third-order valence-electron chi connectivity index (χ3n) is 4.96. The van der Waals surface area contributed by atoms with Crippen LogP contribution < -0.4 is 10.6 Å². The number of esters is 1. The second-order valence-corrected chi connectivity index (χ2v) is 8.04. The third-order valence-corrected chi connectivity index (χ3v) is 6.03. The highest BCUT2D eigenvalue weighted by Gasteiger charge is 2.24. The number of hydrogen-bond donors (Lipinski definition) is 2. The minimum absolute atomic E-state index is 0.0137. The molecule has 2 aliphatic heterocycles. The maximum absolute atomic E-state index is 11.8. The summed E-state index contributed by atoms with van der Waals surface area (Å²) in [6.45, 7) is 4.45. The lowest BCUT2D eigenvalue weighted by molar-refractivity contribution is -0.155. The summed E-state index contributed by atoms with van der Waals surface area (Å²) in [6, 6.07) is 6.43. The van der Waals surface area contributed by atoms with Crippen molar-refractivity contribution in [3.63, 3.8) is 0 Å². The Hall–Kier alpha value is -2.65. The van der Waals surface area contributed by atoms with Crippen molar-refractivity contribution in [2.75, 3.05) is 25.0 Å². The smallest absolute Gasteiger partial charge is 0.396 e. The Morgan fingerprint density at radius 2 is 2.07 bits per heavy atom. The Morgan fingerprint density at radius 3 is 2.86 bits per heavy atom. The van der Waals surface area contributed by atoms with Gasteiger partial charge in [-0.2, -0.15) is 0 Å². The van der Waals surface area contributed by atoms with Gasteiger partial charge in [0.05, 0.1) is 12.3 Å².